The molecule has 0 saturated carbocycles. The van der Waals surface area contributed by atoms with Crippen molar-refractivity contribution in [2.45, 2.75) is 6.92 Å². The summed E-state index contributed by atoms with van der Waals surface area (Å²) in [5.74, 6) is -2.12. The van der Waals surface area contributed by atoms with Crippen molar-refractivity contribution in [3.05, 3.63) is 47.5 Å². The Balaban J connectivity index is 2.39. The van der Waals surface area contributed by atoms with Crippen LogP contribution < -0.4 is 0 Å². The molecule has 0 aliphatic carbocycles. The van der Waals surface area contributed by atoms with Gasteiger partial charge in [-0.15, -0.1) is 5.10 Å². The minimum atomic E-state index is -1.30. The lowest BCUT2D eigenvalue weighted by Gasteiger charge is -2.01. The van der Waals surface area contributed by atoms with Gasteiger partial charge in [0.25, 0.3) is 0 Å². The Kier molecular flexibility index (Phi) is 3.18. The second-order valence-corrected chi connectivity index (χ2v) is 3.53. The van der Waals surface area contributed by atoms with Crippen molar-refractivity contribution in [2.24, 2.45) is 0 Å². The molecule has 0 unspecified atom stereocenters. The lowest BCUT2D eigenvalue weighted by Crippen LogP contribution is -2.04. The van der Waals surface area contributed by atoms with E-state index in [4.69, 9.17) is 5.11 Å². The highest BCUT2D eigenvalue weighted by Gasteiger charge is 2.11. The maximum atomic E-state index is 13.5. The van der Waals surface area contributed by atoms with Crippen molar-refractivity contribution in [1.29, 1.82) is 0 Å². The van der Waals surface area contributed by atoms with Crippen molar-refractivity contribution in [3.63, 3.8) is 0 Å². The summed E-state index contributed by atoms with van der Waals surface area (Å²) in [6.07, 6.45) is 5.09. The molecule has 0 amide bonds. The first-order valence-corrected chi connectivity index (χ1v) is 5.20. The molecule has 1 aromatic heterocycles. The molecule has 1 aromatic carbocycles. The predicted molar refractivity (Wildman–Crippen MR) is 63.0 cm³/mol. The summed E-state index contributed by atoms with van der Waals surface area (Å²) >= 11 is 0. The third-order valence-electron chi connectivity index (χ3n) is 2.26. The maximum Gasteiger partial charge on any atom is 0.338 e. The number of carbonyl (C=O) groups is 1. The third-order valence-corrected chi connectivity index (χ3v) is 2.26. The number of allylic oxidation sites excluding steroid dienone is 1. The van der Waals surface area contributed by atoms with Gasteiger partial charge < -0.3 is 5.11 Å². The molecule has 18 heavy (non-hydrogen) atoms. The average Bonchev–Trinajstić information content (AvgIpc) is 2.77. The zero-order valence-corrected chi connectivity index (χ0v) is 9.54. The molecule has 1 N–H and O–H groups in total. The lowest BCUT2D eigenvalue weighted by molar-refractivity contribution is 0.0692. The molecule has 0 spiro atoms. The van der Waals surface area contributed by atoms with Gasteiger partial charge in [-0.3, -0.25) is 0 Å². The lowest BCUT2D eigenvalue weighted by atomic mass is 10.2. The van der Waals surface area contributed by atoms with E-state index in [1.54, 1.807) is 6.08 Å². The Morgan fingerprint density at radius 1 is 1.50 bits per heavy atom. The van der Waals surface area contributed by atoms with Crippen LogP contribution >= 0.6 is 0 Å². The summed E-state index contributed by atoms with van der Waals surface area (Å²) in [5.41, 5.74) is 0.632. The second-order valence-electron chi connectivity index (χ2n) is 3.53. The molecular weight excluding hydrogens is 237 g/mol. The van der Waals surface area contributed by atoms with Gasteiger partial charge in [-0.1, -0.05) is 6.08 Å². The maximum absolute atomic E-state index is 13.5. The van der Waals surface area contributed by atoms with E-state index < -0.39 is 11.8 Å². The average molecular weight is 247 g/mol. The van der Waals surface area contributed by atoms with Crippen LogP contribution in [0.4, 0.5) is 4.39 Å². The first-order valence-electron chi connectivity index (χ1n) is 5.20. The van der Waals surface area contributed by atoms with Gasteiger partial charge in [0.1, 0.15) is 11.5 Å². The largest absolute Gasteiger partial charge is 0.478 e. The van der Waals surface area contributed by atoms with E-state index >= 15 is 0 Å². The van der Waals surface area contributed by atoms with Crippen LogP contribution in [0, 0.1) is 5.82 Å². The van der Waals surface area contributed by atoms with Crippen molar-refractivity contribution >= 4 is 12.0 Å². The van der Waals surface area contributed by atoms with Crippen LogP contribution in [0.3, 0.4) is 0 Å². The van der Waals surface area contributed by atoms with Crippen LogP contribution in [0.2, 0.25) is 0 Å². The summed E-state index contributed by atoms with van der Waals surface area (Å²) in [7, 11) is 0. The van der Waals surface area contributed by atoms with Gasteiger partial charge in [0.2, 0.25) is 0 Å². The number of halogens is 1. The highest BCUT2D eigenvalue weighted by molar-refractivity contribution is 5.88. The molecule has 1 heterocycles. The number of carboxylic acids is 1. The zero-order valence-electron chi connectivity index (χ0n) is 9.54. The number of rotatable bonds is 3. The molecular formula is C12H10FN3O2. The van der Waals surface area contributed by atoms with Crippen molar-refractivity contribution in [1.82, 2.24) is 15.0 Å². The Labute approximate surface area is 102 Å². The van der Waals surface area contributed by atoms with E-state index in [0.29, 0.717) is 11.4 Å². The second kappa shape index (κ2) is 4.79. The van der Waals surface area contributed by atoms with Gasteiger partial charge in [-0.2, -0.15) is 9.90 Å². The van der Waals surface area contributed by atoms with Gasteiger partial charge in [0.05, 0.1) is 17.4 Å². The number of hydrogen-bond donors (Lipinski definition) is 1. The van der Waals surface area contributed by atoms with E-state index in [9.17, 15) is 9.18 Å². The molecule has 0 atom stereocenters. The Hall–Kier alpha value is -2.50. The monoisotopic (exact) mass is 247 g/mol. The minimum Gasteiger partial charge on any atom is -0.478 e. The first kappa shape index (κ1) is 12.0. The fourth-order valence-corrected chi connectivity index (χ4v) is 1.45. The quantitative estimate of drug-likeness (QED) is 0.902. The van der Waals surface area contributed by atoms with E-state index in [-0.39, 0.29) is 5.56 Å². The molecule has 0 aliphatic heterocycles. The number of aromatic nitrogens is 3. The summed E-state index contributed by atoms with van der Waals surface area (Å²) in [4.78, 5) is 11.9. The van der Waals surface area contributed by atoms with E-state index in [1.165, 1.54) is 23.1 Å². The van der Waals surface area contributed by atoms with Crippen LogP contribution in [0.25, 0.3) is 11.8 Å². The van der Waals surface area contributed by atoms with E-state index in [2.05, 4.69) is 10.2 Å². The normalized spacial score (nSPS) is 11.0. The fourth-order valence-electron chi connectivity index (χ4n) is 1.45. The van der Waals surface area contributed by atoms with Crippen LogP contribution in [0.15, 0.2) is 30.5 Å². The molecule has 6 heteroatoms. The van der Waals surface area contributed by atoms with Gasteiger partial charge >= 0.3 is 5.97 Å². The summed E-state index contributed by atoms with van der Waals surface area (Å²) < 4.78 is 13.5. The molecule has 0 bridgehead atoms. The van der Waals surface area contributed by atoms with Crippen LogP contribution in [0.5, 0.6) is 0 Å². The number of nitrogens with zero attached hydrogens (tertiary/aromatic N) is 3. The van der Waals surface area contributed by atoms with Crippen molar-refractivity contribution < 1.29 is 14.3 Å². The van der Waals surface area contributed by atoms with Crippen molar-refractivity contribution in [3.8, 4) is 5.69 Å². The minimum absolute atomic E-state index is 0.369. The molecule has 92 valence electrons. The Bertz CT molecular complexity index is 620. The molecule has 2 rings (SSSR count). The highest BCUT2D eigenvalue weighted by atomic mass is 19.1. The highest BCUT2D eigenvalue weighted by Crippen LogP contribution is 2.13. The molecule has 0 radical (unpaired) electrons. The topological polar surface area (TPSA) is 68.0 Å². The SMILES string of the molecule is CC=Cc1cnn(-c2ccc(C(=O)O)c(F)c2)n1. The zero-order chi connectivity index (χ0) is 13.1. The van der Waals surface area contributed by atoms with Gasteiger partial charge in [0, 0.05) is 6.07 Å². The van der Waals surface area contributed by atoms with Crippen LogP contribution in [-0.4, -0.2) is 26.1 Å². The van der Waals surface area contributed by atoms with Crippen LogP contribution in [-0.2, 0) is 0 Å². The molecule has 0 fully saturated rings. The fraction of sp³-hybridized carbons (Fsp3) is 0.0833. The number of aromatic carboxylic acids is 1. The number of benzene rings is 1. The summed E-state index contributed by atoms with van der Waals surface area (Å²) in [6.45, 7) is 1.85. The number of hydrogen-bond acceptors (Lipinski definition) is 3. The smallest absolute Gasteiger partial charge is 0.338 e. The molecule has 0 aliphatic rings. The predicted octanol–water partition coefficient (Wildman–Crippen LogP) is 2.14. The molecule has 0 saturated heterocycles. The van der Waals surface area contributed by atoms with Gasteiger partial charge in [-0.05, 0) is 25.1 Å². The van der Waals surface area contributed by atoms with E-state index in [1.807, 2.05) is 13.0 Å². The van der Waals surface area contributed by atoms with E-state index in [0.717, 1.165) is 6.07 Å². The molecule has 2 aromatic rings. The summed E-state index contributed by atoms with van der Waals surface area (Å²) in [5, 5.41) is 16.8. The van der Waals surface area contributed by atoms with Gasteiger partial charge in [-0.25, -0.2) is 9.18 Å². The van der Waals surface area contributed by atoms with Crippen LogP contribution in [0.1, 0.15) is 23.0 Å². The standard InChI is InChI=1S/C12H10FN3O2/c1-2-3-8-7-14-16(15-8)9-4-5-10(12(17)18)11(13)6-9/h2-7H,1H3,(H,17,18). The number of carboxylic acid groups (broad SMARTS) is 1. The first-order chi connectivity index (χ1) is 8.61. The van der Waals surface area contributed by atoms with Gasteiger partial charge in [0.15, 0.2) is 0 Å². The molecule has 5 nitrogen and oxygen atoms in total. The van der Waals surface area contributed by atoms with Crippen molar-refractivity contribution in [2.75, 3.05) is 0 Å². The Morgan fingerprint density at radius 2 is 2.28 bits per heavy atom. The Morgan fingerprint density at radius 3 is 2.89 bits per heavy atom. The third kappa shape index (κ3) is 2.27. The summed E-state index contributed by atoms with van der Waals surface area (Å²) in [6, 6.07) is 3.72.